The van der Waals surface area contributed by atoms with Crippen LogP contribution in [0.15, 0.2) is 24.5 Å². The van der Waals surface area contributed by atoms with E-state index in [4.69, 9.17) is 4.74 Å². The molecule has 26 heavy (non-hydrogen) atoms. The van der Waals surface area contributed by atoms with E-state index in [0.717, 1.165) is 36.3 Å². The molecule has 1 aliphatic rings. The second-order valence-electron chi connectivity index (χ2n) is 7.03. The summed E-state index contributed by atoms with van der Waals surface area (Å²) in [5, 5.41) is 10.6. The van der Waals surface area contributed by atoms with Gasteiger partial charge in [-0.25, -0.2) is 4.98 Å². The normalized spacial score (nSPS) is 14.6. The Morgan fingerprint density at radius 3 is 2.73 bits per heavy atom. The van der Waals surface area contributed by atoms with Gasteiger partial charge in [-0.05, 0) is 41.9 Å². The molecule has 2 heterocycles. The molecule has 0 aliphatic carbocycles. The predicted octanol–water partition coefficient (Wildman–Crippen LogP) is 1.79. The molecule has 0 N–H and O–H groups in total. The monoisotopic (exact) mass is 349 g/mol. The average Bonchev–Trinajstić information content (AvgIpc) is 2.60. The van der Waals surface area contributed by atoms with Gasteiger partial charge in [0.2, 0.25) is 0 Å². The van der Waals surface area contributed by atoms with E-state index in [9.17, 15) is 9.90 Å². The first-order chi connectivity index (χ1) is 12.4. The van der Waals surface area contributed by atoms with Crippen LogP contribution in [0, 0.1) is 11.8 Å². The van der Waals surface area contributed by atoms with Crippen LogP contribution in [0.25, 0.3) is 0 Å². The van der Waals surface area contributed by atoms with Gasteiger partial charge < -0.3 is 14.6 Å². The highest BCUT2D eigenvalue weighted by molar-refractivity contribution is 5.67. The van der Waals surface area contributed by atoms with E-state index in [0.29, 0.717) is 11.4 Å². The van der Waals surface area contributed by atoms with E-state index in [-0.39, 0.29) is 11.8 Å². The molecule has 0 unspecified atom stereocenters. The standard InChI is InChI=1S/C21H22N2O3/c1-4-14-10-19-18(21(2,3)7-8-26-19)9-15(14)5-6-16-12-23-17(13-22-16)11-20(24)25/h9-10,12-13H,4,7-8,11H2,1-3H3,(H,24,25)/p-1. The number of benzene rings is 1. The molecular formula is C21H21N2O3-. The molecule has 0 spiro atoms. The molecule has 1 aromatic carbocycles. The third-order valence-corrected chi connectivity index (χ3v) is 4.66. The lowest BCUT2D eigenvalue weighted by Crippen LogP contribution is -2.27. The van der Waals surface area contributed by atoms with Gasteiger partial charge in [0.1, 0.15) is 11.4 Å². The number of ether oxygens (including phenoxy) is 1. The Morgan fingerprint density at radius 2 is 2.08 bits per heavy atom. The van der Waals surface area contributed by atoms with E-state index >= 15 is 0 Å². The maximum atomic E-state index is 10.6. The Bertz CT molecular complexity index is 890. The van der Waals surface area contributed by atoms with Crippen LogP contribution in [-0.2, 0) is 23.1 Å². The van der Waals surface area contributed by atoms with Crippen molar-refractivity contribution >= 4 is 5.97 Å². The minimum atomic E-state index is -1.18. The van der Waals surface area contributed by atoms with Crippen molar-refractivity contribution in [1.29, 1.82) is 0 Å². The van der Waals surface area contributed by atoms with Gasteiger partial charge in [0, 0.05) is 23.5 Å². The molecule has 0 atom stereocenters. The molecule has 3 rings (SSSR count). The Hall–Kier alpha value is -2.87. The van der Waals surface area contributed by atoms with E-state index in [2.05, 4.69) is 54.7 Å². The topological polar surface area (TPSA) is 75.1 Å². The number of carboxylic acid groups (broad SMARTS) is 1. The number of aliphatic carboxylic acids is 1. The van der Waals surface area contributed by atoms with Crippen molar-refractivity contribution in [2.75, 3.05) is 6.61 Å². The third-order valence-electron chi connectivity index (χ3n) is 4.66. The number of nitrogens with zero attached hydrogens (tertiary/aromatic N) is 2. The summed E-state index contributed by atoms with van der Waals surface area (Å²) >= 11 is 0. The highest BCUT2D eigenvalue weighted by atomic mass is 16.5. The van der Waals surface area contributed by atoms with Gasteiger partial charge in [-0.15, -0.1) is 0 Å². The summed E-state index contributed by atoms with van der Waals surface area (Å²) in [7, 11) is 0. The van der Waals surface area contributed by atoms with E-state index in [1.807, 2.05) is 0 Å². The van der Waals surface area contributed by atoms with Crippen molar-refractivity contribution in [3.05, 3.63) is 52.6 Å². The summed E-state index contributed by atoms with van der Waals surface area (Å²) < 4.78 is 5.84. The highest BCUT2D eigenvalue weighted by Gasteiger charge is 2.29. The van der Waals surface area contributed by atoms with Crippen LogP contribution in [0.5, 0.6) is 5.75 Å². The third kappa shape index (κ3) is 3.85. The first-order valence-corrected chi connectivity index (χ1v) is 8.72. The summed E-state index contributed by atoms with van der Waals surface area (Å²) in [6.07, 6.45) is 4.49. The predicted molar refractivity (Wildman–Crippen MR) is 95.7 cm³/mol. The van der Waals surface area contributed by atoms with Crippen molar-refractivity contribution in [3.8, 4) is 17.6 Å². The van der Waals surface area contributed by atoms with Gasteiger partial charge >= 0.3 is 0 Å². The highest BCUT2D eigenvalue weighted by Crippen LogP contribution is 2.39. The Labute approximate surface area is 153 Å². The van der Waals surface area contributed by atoms with Crippen molar-refractivity contribution in [2.45, 2.75) is 45.4 Å². The van der Waals surface area contributed by atoms with Crippen LogP contribution < -0.4 is 9.84 Å². The number of carboxylic acids is 1. The zero-order chi connectivity index (χ0) is 18.7. The maximum Gasteiger partial charge on any atom is 0.131 e. The summed E-state index contributed by atoms with van der Waals surface area (Å²) in [5.41, 5.74) is 4.20. The number of hydrogen-bond acceptors (Lipinski definition) is 5. The second-order valence-corrected chi connectivity index (χ2v) is 7.03. The van der Waals surface area contributed by atoms with Crippen LogP contribution in [0.3, 0.4) is 0 Å². The van der Waals surface area contributed by atoms with Crippen molar-refractivity contribution < 1.29 is 14.6 Å². The van der Waals surface area contributed by atoms with Gasteiger partial charge in [0.05, 0.1) is 24.7 Å². The molecule has 5 heteroatoms. The Balaban J connectivity index is 1.93. The molecule has 0 radical (unpaired) electrons. The van der Waals surface area contributed by atoms with E-state index < -0.39 is 5.97 Å². The molecule has 1 aliphatic heterocycles. The largest absolute Gasteiger partial charge is 0.550 e. The lowest BCUT2D eigenvalue weighted by Gasteiger charge is -2.33. The van der Waals surface area contributed by atoms with Crippen LogP contribution in [0.2, 0.25) is 0 Å². The van der Waals surface area contributed by atoms with Gasteiger partial charge in [-0.1, -0.05) is 26.7 Å². The number of aryl methyl sites for hydroxylation is 1. The molecule has 5 nitrogen and oxygen atoms in total. The molecule has 0 fully saturated rings. The quantitative estimate of drug-likeness (QED) is 0.790. The van der Waals surface area contributed by atoms with Crippen molar-refractivity contribution in [2.24, 2.45) is 0 Å². The minimum Gasteiger partial charge on any atom is -0.550 e. The fourth-order valence-electron chi connectivity index (χ4n) is 3.02. The van der Waals surface area contributed by atoms with Gasteiger partial charge in [0.25, 0.3) is 0 Å². The molecular weight excluding hydrogens is 328 g/mol. The lowest BCUT2D eigenvalue weighted by molar-refractivity contribution is -0.304. The number of carbonyl (C=O) groups is 1. The van der Waals surface area contributed by atoms with E-state index in [1.165, 1.54) is 18.0 Å². The fraction of sp³-hybridized carbons (Fsp3) is 0.381. The van der Waals surface area contributed by atoms with Crippen LogP contribution >= 0.6 is 0 Å². The van der Waals surface area contributed by atoms with Gasteiger partial charge in [-0.2, -0.15) is 0 Å². The summed E-state index contributed by atoms with van der Waals surface area (Å²) in [5.74, 6) is 5.99. The molecule has 0 amide bonds. The lowest BCUT2D eigenvalue weighted by atomic mass is 9.78. The van der Waals surface area contributed by atoms with Crippen LogP contribution in [-0.4, -0.2) is 22.5 Å². The summed E-state index contributed by atoms with van der Waals surface area (Å²) in [6.45, 7) is 7.27. The second kappa shape index (κ2) is 7.17. The Morgan fingerprint density at radius 1 is 1.27 bits per heavy atom. The zero-order valence-electron chi connectivity index (χ0n) is 15.3. The molecule has 1 aromatic heterocycles. The van der Waals surface area contributed by atoms with Crippen molar-refractivity contribution in [3.63, 3.8) is 0 Å². The first-order valence-electron chi connectivity index (χ1n) is 8.72. The first kappa shape index (κ1) is 17.9. The fourth-order valence-corrected chi connectivity index (χ4v) is 3.02. The SMILES string of the molecule is CCc1cc2c(cc1C#Cc1cnc(CC(=O)[O-])cn1)C(C)(C)CCO2. The zero-order valence-corrected chi connectivity index (χ0v) is 15.3. The minimum absolute atomic E-state index is 0.0581. The molecule has 2 aromatic rings. The summed E-state index contributed by atoms with van der Waals surface area (Å²) in [4.78, 5) is 18.8. The number of rotatable bonds is 3. The van der Waals surface area contributed by atoms with Crippen molar-refractivity contribution in [1.82, 2.24) is 9.97 Å². The Kier molecular flexibility index (Phi) is 4.94. The van der Waals surface area contributed by atoms with Gasteiger partial charge in [-0.3, -0.25) is 4.98 Å². The number of hydrogen-bond donors (Lipinski definition) is 0. The number of fused-ring (bicyclic) bond motifs is 1. The van der Waals surface area contributed by atoms with Crippen LogP contribution in [0.1, 0.15) is 55.3 Å². The molecule has 0 saturated heterocycles. The smallest absolute Gasteiger partial charge is 0.131 e. The molecule has 0 saturated carbocycles. The summed E-state index contributed by atoms with van der Waals surface area (Å²) in [6, 6.07) is 4.22. The van der Waals surface area contributed by atoms with Gasteiger partial charge in [0.15, 0.2) is 0 Å². The van der Waals surface area contributed by atoms with E-state index in [1.54, 1.807) is 0 Å². The molecule has 0 bridgehead atoms. The number of aromatic nitrogens is 2. The maximum absolute atomic E-state index is 10.6. The average molecular weight is 349 g/mol. The number of carbonyl (C=O) groups excluding carboxylic acids is 1. The molecule has 134 valence electrons. The van der Waals surface area contributed by atoms with Crippen LogP contribution in [0.4, 0.5) is 0 Å².